The summed E-state index contributed by atoms with van der Waals surface area (Å²) in [6.07, 6.45) is 5.03. The zero-order chi connectivity index (χ0) is 23.3. The Balaban J connectivity index is 1.39. The maximum absolute atomic E-state index is 5.93. The van der Waals surface area contributed by atoms with Crippen LogP contribution < -0.4 is 15.6 Å². The van der Waals surface area contributed by atoms with Crippen LogP contribution in [0.3, 0.4) is 0 Å². The largest absolute Gasteiger partial charge is 0.377 e. The Hall–Kier alpha value is -2.73. The zero-order valence-corrected chi connectivity index (χ0v) is 22.6. The molecule has 0 saturated heterocycles. The molecule has 1 atom stereocenters. The van der Waals surface area contributed by atoms with E-state index in [9.17, 15) is 0 Å². The molecule has 1 nitrogen and oxygen atoms in total. The van der Waals surface area contributed by atoms with Crippen molar-refractivity contribution in [3.8, 4) is 0 Å². The minimum absolute atomic E-state index is 0.381. The molecule has 174 valence electrons. The van der Waals surface area contributed by atoms with Gasteiger partial charge in [0, 0.05) is 6.61 Å². The average Bonchev–Trinajstić information content (AvgIpc) is 2.90. The molecule has 4 aromatic carbocycles. The van der Waals surface area contributed by atoms with E-state index < -0.39 is 8.80 Å². The van der Waals surface area contributed by atoms with Crippen molar-refractivity contribution in [1.29, 1.82) is 0 Å². The van der Waals surface area contributed by atoms with Crippen LogP contribution in [0.2, 0.25) is 5.16 Å². The average molecular weight is 481 g/mol. The highest BCUT2D eigenvalue weighted by Gasteiger charge is 2.27. The summed E-state index contributed by atoms with van der Waals surface area (Å²) in [5, 5.41) is 5.61. The first-order chi connectivity index (χ1) is 16.9. The van der Waals surface area contributed by atoms with Crippen molar-refractivity contribution in [3.05, 3.63) is 127 Å². The van der Waals surface area contributed by atoms with Crippen LogP contribution in [0.5, 0.6) is 0 Å². The van der Waals surface area contributed by atoms with Gasteiger partial charge in [0.15, 0.2) is 0 Å². The molecule has 0 fully saturated rings. The first kappa shape index (κ1) is 24.4. The summed E-state index contributed by atoms with van der Waals surface area (Å²) in [5.74, 6) is 0. The Morgan fingerprint density at radius 1 is 0.588 bits per heavy atom. The monoisotopic (exact) mass is 480 g/mol. The summed E-state index contributed by atoms with van der Waals surface area (Å²) in [7, 11) is -1.69. The van der Waals surface area contributed by atoms with Gasteiger partial charge in [0.05, 0.1) is 16.1 Å². The van der Waals surface area contributed by atoms with Gasteiger partial charge in [-0.15, -0.1) is 0 Å². The Morgan fingerprint density at radius 3 is 1.71 bits per heavy atom. The van der Waals surface area contributed by atoms with Gasteiger partial charge in [-0.2, -0.15) is 0 Å². The predicted molar refractivity (Wildman–Crippen MR) is 152 cm³/mol. The molecule has 4 aromatic rings. The van der Waals surface area contributed by atoms with Gasteiger partial charge in [0.25, 0.3) is 0 Å². The lowest BCUT2D eigenvalue weighted by molar-refractivity contribution is 0.117. The molecule has 3 heteroatoms. The highest BCUT2D eigenvalue weighted by Crippen LogP contribution is 2.19. The van der Waals surface area contributed by atoms with Gasteiger partial charge in [0.1, 0.15) is 8.80 Å². The molecule has 0 amide bonds. The molecule has 0 aliphatic carbocycles. The van der Waals surface area contributed by atoms with Crippen LogP contribution >= 0.6 is 0 Å². The molecule has 0 aromatic heterocycles. The van der Waals surface area contributed by atoms with Crippen molar-refractivity contribution in [1.82, 2.24) is 0 Å². The highest BCUT2D eigenvalue weighted by molar-refractivity contribution is 6.93. The van der Waals surface area contributed by atoms with Crippen molar-refractivity contribution in [2.24, 2.45) is 0 Å². The Morgan fingerprint density at radius 2 is 1.12 bits per heavy atom. The Bertz CT molecular complexity index is 1020. The van der Waals surface area contributed by atoms with Gasteiger partial charge in [-0.05, 0) is 17.1 Å². The summed E-state index contributed by atoms with van der Waals surface area (Å²) in [6, 6.07) is 44.5. The van der Waals surface area contributed by atoms with Crippen molar-refractivity contribution < 1.29 is 4.74 Å². The fraction of sp³-hybridized carbons (Fsp3) is 0.226. The van der Waals surface area contributed by atoms with Crippen molar-refractivity contribution in [3.63, 3.8) is 0 Å². The SMILES string of the molecule is c1ccc(COCCCCC[C@H]([SiH2]c2ccccc2)[SiH](c2ccccc2)c2ccccc2)cc1. The number of unbranched alkanes of at least 4 members (excludes halogenated alkanes) is 2. The number of hydrogen-bond donors (Lipinski definition) is 0. The third-order valence-electron chi connectivity index (χ3n) is 6.60. The van der Waals surface area contributed by atoms with Crippen LogP contribution in [-0.4, -0.2) is 24.9 Å². The smallest absolute Gasteiger partial charge is 0.103 e. The molecule has 0 radical (unpaired) electrons. The lowest BCUT2D eigenvalue weighted by Gasteiger charge is -2.27. The first-order valence-corrected chi connectivity index (χ1v) is 16.0. The highest BCUT2D eigenvalue weighted by atomic mass is 28.3. The molecule has 34 heavy (non-hydrogen) atoms. The van der Waals surface area contributed by atoms with Gasteiger partial charge in [0.2, 0.25) is 0 Å². The lowest BCUT2D eigenvalue weighted by Crippen LogP contribution is -2.49. The first-order valence-electron chi connectivity index (χ1n) is 12.7. The van der Waals surface area contributed by atoms with Crippen molar-refractivity contribution >= 4 is 33.9 Å². The van der Waals surface area contributed by atoms with E-state index in [2.05, 4.69) is 121 Å². The van der Waals surface area contributed by atoms with Crippen LogP contribution in [0.4, 0.5) is 0 Å². The summed E-state index contributed by atoms with van der Waals surface area (Å²) in [5.41, 5.74) is 1.26. The van der Waals surface area contributed by atoms with Gasteiger partial charge in [-0.3, -0.25) is 0 Å². The minimum Gasteiger partial charge on any atom is -0.377 e. The third kappa shape index (κ3) is 7.66. The van der Waals surface area contributed by atoms with Gasteiger partial charge < -0.3 is 4.74 Å². The lowest BCUT2D eigenvalue weighted by atomic mass is 10.2. The zero-order valence-electron chi connectivity index (χ0n) is 20.1. The molecule has 0 aliphatic heterocycles. The summed E-state index contributed by atoms with van der Waals surface area (Å²) in [6.45, 7) is 1.58. The van der Waals surface area contributed by atoms with E-state index in [4.69, 9.17) is 4.74 Å². The second-order valence-corrected chi connectivity index (χ2v) is 15.6. The fourth-order valence-electron chi connectivity index (χ4n) is 4.91. The molecular formula is C31H36OSi2. The molecule has 0 bridgehead atoms. The molecule has 0 spiro atoms. The number of ether oxygens (including phenoxy) is 1. The second-order valence-electron chi connectivity index (χ2n) is 9.14. The molecule has 0 N–H and O–H groups in total. The Kier molecular flexibility index (Phi) is 9.94. The van der Waals surface area contributed by atoms with Gasteiger partial charge in [-0.25, -0.2) is 0 Å². The van der Waals surface area contributed by atoms with Crippen molar-refractivity contribution in [2.75, 3.05) is 6.61 Å². The van der Waals surface area contributed by atoms with E-state index >= 15 is 0 Å². The molecule has 0 heterocycles. The number of rotatable bonds is 13. The molecule has 4 rings (SSSR count). The minimum atomic E-state index is -1.31. The second kappa shape index (κ2) is 13.9. The number of benzene rings is 4. The topological polar surface area (TPSA) is 9.23 Å². The van der Waals surface area contributed by atoms with Crippen LogP contribution in [0.15, 0.2) is 121 Å². The molecule has 0 saturated carbocycles. The quantitative estimate of drug-likeness (QED) is 0.200. The van der Waals surface area contributed by atoms with E-state index in [0.717, 1.165) is 24.8 Å². The van der Waals surface area contributed by atoms with Crippen molar-refractivity contribution in [2.45, 2.75) is 37.5 Å². The Labute approximate surface area is 209 Å². The third-order valence-corrected chi connectivity index (χ3v) is 14.1. The normalized spacial score (nSPS) is 12.4. The molecule has 0 aliphatic rings. The maximum Gasteiger partial charge on any atom is 0.103 e. The number of hydrogen-bond acceptors (Lipinski definition) is 1. The van der Waals surface area contributed by atoms with Gasteiger partial charge >= 0.3 is 0 Å². The van der Waals surface area contributed by atoms with E-state index in [1.165, 1.54) is 24.8 Å². The van der Waals surface area contributed by atoms with Gasteiger partial charge in [-0.1, -0.05) is 156 Å². The predicted octanol–water partition coefficient (Wildman–Crippen LogP) is 4.63. The maximum atomic E-state index is 5.93. The van der Waals surface area contributed by atoms with E-state index in [1.54, 1.807) is 15.6 Å². The molecular weight excluding hydrogens is 445 g/mol. The van der Waals surface area contributed by atoms with Crippen LogP contribution in [0, 0.1) is 0 Å². The summed E-state index contributed by atoms with van der Waals surface area (Å²) < 4.78 is 5.93. The van der Waals surface area contributed by atoms with Crippen LogP contribution in [0.1, 0.15) is 31.2 Å². The van der Waals surface area contributed by atoms with Crippen LogP contribution in [0.25, 0.3) is 0 Å². The summed E-state index contributed by atoms with van der Waals surface area (Å²) in [4.78, 5) is 0. The van der Waals surface area contributed by atoms with E-state index in [1.807, 2.05) is 0 Å². The summed E-state index contributed by atoms with van der Waals surface area (Å²) >= 11 is 0. The van der Waals surface area contributed by atoms with E-state index in [-0.39, 0.29) is 9.52 Å². The van der Waals surface area contributed by atoms with E-state index in [0.29, 0.717) is 0 Å². The fourth-order valence-corrected chi connectivity index (χ4v) is 13.3. The molecule has 0 unspecified atom stereocenters. The van der Waals surface area contributed by atoms with Crippen LogP contribution in [-0.2, 0) is 11.3 Å². The standard InChI is InChI=1S/C31H36OSi2/c1-6-16-27(17-7-1)26-32-25-15-5-14-24-31(33-28-18-8-2-9-19-28)34(29-20-10-3-11-21-29)30-22-12-4-13-23-30/h1-4,6-13,16-23,31,34H,5,14-15,24-26,33H2/t31-/m1/s1.